The number of fused-ring (bicyclic) bond motifs is 3. The lowest BCUT2D eigenvalue weighted by molar-refractivity contribution is 0.907. The van der Waals surface area contributed by atoms with Crippen LogP contribution in [-0.4, -0.2) is 24.6 Å². The lowest BCUT2D eigenvalue weighted by atomic mass is 9.97. The van der Waals surface area contributed by atoms with Gasteiger partial charge in [-0.1, -0.05) is 140 Å². The predicted molar refractivity (Wildman–Crippen MR) is 183 cm³/mol. The smallest absolute Gasteiger partial charge is 0.164 e. The zero-order chi connectivity index (χ0) is 30.2. The van der Waals surface area contributed by atoms with Gasteiger partial charge >= 0.3 is 0 Å². The average Bonchev–Trinajstić information content (AvgIpc) is 3.52. The summed E-state index contributed by atoms with van der Waals surface area (Å²) in [5, 5.41) is 7.42. The van der Waals surface area contributed by atoms with Gasteiger partial charge < -0.3 is 0 Å². The highest BCUT2D eigenvalue weighted by atomic mass is 15.2. The molecule has 0 aliphatic carbocycles. The van der Waals surface area contributed by atoms with E-state index in [1.54, 1.807) is 0 Å². The van der Waals surface area contributed by atoms with Crippen LogP contribution < -0.4 is 0 Å². The molecule has 214 valence electrons. The number of nitrogens with zero attached hydrogens (tertiary/aromatic N) is 5. The van der Waals surface area contributed by atoms with E-state index in [1.165, 1.54) is 5.56 Å². The minimum Gasteiger partial charge on any atom is -0.232 e. The van der Waals surface area contributed by atoms with Crippen molar-refractivity contribution in [1.29, 1.82) is 0 Å². The molecule has 5 nitrogen and oxygen atoms in total. The lowest BCUT2D eigenvalue weighted by Crippen LogP contribution is -2.00. The molecule has 0 aliphatic rings. The first-order valence-corrected chi connectivity index (χ1v) is 15.2. The van der Waals surface area contributed by atoms with Crippen molar-refractivity contribution in [1.82, 2.24) is 24.6 Å². The van der Waals surface area contributed by atoms with Crippen molar-refractivity contribution in [3.05, 3.63) is 151 Å². The van der Waals surface area contributed by atoms with E-state index < -0.39 is 0 Å². The van der Waals surface area contributed by atoms with Gasteiger partial charge in [-0.2, -0.15) is 5.10 Å². The quantitative estimate of drug-likeness (QED) is 0.197. The van der Waals surface area contributed by atoms with Gasteiger partial charge in [-0.15, -0.1) is 0 Å². The fourth-order valence-corrected chi connectivity index (χ4v) is 6.04. The molecule has 0 amide bonds. The van der Waals surface area contributed by atoms with Gasteiger partial charge in [-0.3, -0.25) is 0 Å². The maximum absolute atomic E-state index is 5.19. The molecule has 0 saturated carbocycles. The Kier molecular flexibility index (Phi) is 6.69. The Labute approximate surface area is 261 Å². The van der Waals surface area contributed by atoms with Crippen LogP contribution in [0, 0.1) is 0 Å². The number of pyridine rings is 1. The first-order chi connectivity index (χ1) is 22.3. The van der Waals surface area contributed by atoms with Crippen LogP contribution in [0.15, 0.2) is 146 Å². The molecule has 0 fully saturated rings. The predicted octanol–water partition coefficient (Wildman–Crippen LogP) is 9.57. The summed E-state index contributed by atoms with van der Waals surface area (Å²) in [7, 11) is 0. The summed E-state index contributed by atoms with van der Waals surface area (Å²) in [6, 6.07) is 50.0. The largest absolute Gasteiger partial charge is 0.232 e. The fourth-order valence-electron chi connectivity index (χ4n) is 6.04. The molecular weight excluding hydrogens is 550 g/mol. The number of rotatable bonds is 6. The van der Waals surface area contributed by atoms with Crippen LogP contribution in [0.25, 0.3) is 72.8 Å². The second kappa shape index (κ2) is 11.3. The lowest BCUT2D eigenvalue weighted by Gasteiger charge is -2.12. The normalized spacial score (nSPS) is 11.3. The average molecular weight is 580 g/mol. The summed E-state index contributed by atoms with van der Waals surface area (Å²) in [6.45, 7) is 2.17. The van der Waals surface area contributed by atoms with E-state index in [0.717, 1.165) is 61.9 Å². The van der Waals surface area contributed by atoms with Crippen LogP contribution in [-0.2, 0) is 6.42 Å². The van der Waals surface area contributed by atoms with E-state index in [0.29, 0.717) is 17.5 Å². The van der Waals surface area contributed by atoms with E-state index in [9.17, 15) is 0 Å². The van der Waals surface area contributed by atoms with Crippen LogP contribution >= 0.6 is 0 Å². The van der Waals surface area contributed by atoms with Gasteiger partial charge in [0.15, 0.2) is 17.5 Å². The number of hydrogen-bond donors (Lipinski definition) is 0. The van der Waals surface area contributed by atoms with E-state index in [-0.39, 0.29) is 0 Å². The van der Waals surface area contributed by atoms with Crippen molar-refractivity contribution in [3.63, 3.8) is 0 Å². The second-order valence-electron chi connectivity index (χ2n) is 11.0. The van der Waals surface area contributed by atoms with Crippen LogP contribution in [0.1, 0.15) is 12.6 Å². The van der Waals surface area contributed by atoms with Gasteiger partial charge in [-0.05, 0) is 29.5 Å². The molecule has 5 aromatic carbocycles. The molecule has 8 aromatic rings. The van der Waals surface area contributed by atoms with Crippen molar-refractivity contribution in [2.75, 3.05) is 0 Å². The summed E-state index contributed by atoms with van der Waals surface area (Å²) in [5.74, 6) is 1.93. The standard InChI is InChI=1S/C40H29N5/c1-2-34-36(28-17-9-4-10-18-28)37-33-24-23-31(25-32(33)26-35(45(37)44-34)27-15-7-3-8-16-27)40-42-38(29-19-11-5-12-20-29)41-39(43-40)30-21-13-6-14-22-30/h3-26H,2H2,1H3. The summed E-state index contributed by atoms with van der Waals surface area (Å²) in [5.41, 5.74) is 9.49. The topological polar surface area (TPSA) is 56.0 Å². The van der Waals surface area contributed by atoms with Gasteiger partial charge in [0, 0.05) is 33.2 Å². The highest BCUT2D eigenvalue weighted by Crippen LogP contribution is 2.38. The molecule has 0 N–H and O–H groups in total. The molecule has 0 atom stereocenters. The fraction of sp³-hybridized carbons (Fsp3) is 0.0500. The Morgan fingerprint density at radius 3 is 1.51 bits per heavy atom. The molecule has 0 spiro atoms. The highest BCUT2D eigenvalue weighted by molar-refractivity contribution is 6.06. The third kappa shape index (κ3) is 4.85. The first kappa shape index (κ1) is 26.7. The second-order valence-corrected chi connectivity index (χ2v) is 11.0. The molecule has 5 heteroatoms. The van der Waals surface area contributed by atoms with Crippen LogP contribution in [0.2, 0.25) is 0 Å². The van der Waals surface area contributed by atoms with Gasteiger partial charge in [0.2, 0.25) is 0 Å². The van der Waals surface area contributed by atoms with Crippen molar-refractivity contribution in [2.45, 2.75) is 13.3 Å². The van der Waals surface area contributed by atoms with Crippen molar-refractivity contribution in [3.8, 4) is 56.5 Å². The van der Waals surface area contributed by atoms with Crippen molar-refractivity contribution >= 4 is 16.3 Å². The van der Waals surface area contributed by atoms with Crippen molar-refractivity contribution < 1.29 is 0 Å². The maximum atomic E-state index is 5.19. The van der Waals surface area contributed by atoms with E-state index in [1.807, 2.05) is 66.7 Å². The number of hydrogen-bond acceptors (Lipinski definition) is 4. The molecule has 0 unspecified atom stereocenters. The first-order valence-electron chi connectivity index (χ1n) is 15.2. The SMILES string of the molecule is CCc1nn2c(-c3ccccc3)cc3cc(-c4nc(-c5ccccc5)nc(-c5ccccc5)n4)ccc3c2c1-c1ccccc1. The number of benzene rings is 5. The Hall–Kier alpha value is -5.94. The third-order valence-electron chi connectivity index (χ3n) is 8.21. The maximum Gasteiger partial charge on any atom is 0.164 e. The van der Waals surface area contributed by atoms with Gasteiger partial charge in [0.25, 0.3) is 0 Å². The number of aryl methyl sites for hydroxylation is 1. The summed E-state index contributed by atoms with van der Waals surface area (Å²) in [6.07, 6.45) is 0.828. The highest BCUT2D eigenvalue weighted by Gasteiger charge is 2.20. The van der Waals surface area contributed by atoms with Crippen LogP contribution in [0.5, 0.6) is 0 Å². The third-order valence-corrected chi connectivity index (χ3v) is 8.21. The Morgan fingerprint density at radius 2 is 0.978 bits per heavy atom. The zero-order valence-electron chi connectivity index (χ0n) is 24.8. The number of aromatic nitrogens is 5. The van der Waals surface area contributed by atoms with Gasteiger partial charge in [0.05, 0.1) is 16.9 Å². The summed E-state index contributed by atoms with van der Waals surface area (Å²) >= 11 is 0. The van der Waals surface area contributed by atoms with Gasteiger partial charge in [0.1, 0.15) is 0 Å². The molecule has 3 aromatic heterocycles. The van der Waals surface area contributed by atoms with E-state index >= 15 is 0 Å². The zero-order valence-corrected chi connectivity index (χ0v) is 24.8. The molecule has 8 rings (SSSR count). The Bertz CT molecular complexity index is 2220. The summed E-state index contributed by atoms with van der Waals surface area (Å²) < 4.78 is 2.13. The molecule has 0 bridgehead atoms. The molecule has 0 saturated heterocycles. The minimum absolute atomic E-state index is 0.636. The Morgan fingerprint density at radius 1 is 0.489 bits per heavy atom. The van der Waals surface area contributed by atoms with Crippen molar-refractivity contribution in [2.24, 2.45) is 0 Å². The molecular formula is C40H29N5. The molecule has 45 heavy (non-hydrogen) atoms. The minimum atomic E-state index is 0.636. The molecule has 0 aliphatic heterocycles. The van der Waals surface area contributed by atoms with Crippen LogP contribution in [0.4, 0.5) is 0 Å². The van der Waals surface area contributed by atoms with E-state index in [2.05, 4.69) is 90.3 Å². The van der Waals surface area contributed by atoms with E-state index in [4.69, 9.17) is 20.1 Å². The monoisotopic (exact) mass is 579 g/mol. The molecule has 3 heterocycles. The van der Waals surface area contributed by atoms with Crippen LogP contribution in [0.3, 0.4) is 0 Å². The summed E-state index contributed by atoms with van der Waals surface area (Å²) in [4.78, 5) is 14.9. The Balaban J connectivity index is 1.40. The molecule has 0 radical (unpaired) electrons. The van der Waals surface area contributed by atoms with Gasteiger partial charge in [-0.25, -0.2) is 19.5 Å².